The maximum atomic E-state index is 13.1. The Morgan fingerprint density at radius 2 is 1.75 bits per heavy atom. The van der Waals surface area contributed by atoms with Crippen molar-refractivity contribution < 1.29 is 13.9 Å². The van der Waals surface area contributed by atoms with Crippen molar-refractivity contribution in [1.82, 2.24) is 15.5 Å². The number of hydrogen-bond donors (Lipinski definition) is 1. The number of aromatic nitrogens is 2. The van der Waals surface area contributed by atoms with Crippen molar-refractivity contribution in [2.24, 2.45) is 5.92 Å². The van der Waals surface area contributed by atoms with E-state index in [1.807, 2.05) is 43.3 Å². The molecule has 2 heterocycles. The van der Waals surface area contributed by atoms with E-state index in [9.17, 15) is 9.18 Å². The maximum Gasteiger partial charge on any atom is 0.223 e. The average molecular weight is 435 g/mol. The number of anilines is 1. The summed E-state index contributed by atoms with van der Waals surface area (Å²) in [5, 5.41) is 11.6. The number of nitrogens with one attached hydrogen (secondary N) is 1. The third kappa shape index (κ3) is 5.60. The quantitative estimate of drug-likeness (QED) is 0.570. The van der Waals surface area contributed by atoms with Gasteiger partial charge >= 0.3 is 0 Å². The summed E-state index contributed by atoms with van der Waals surface area (Å²) in [7, 11) is 0. The summed E-state index contributed by atoms with van der Waals surface area (Å²) in [6.45, 7) is 4.48. The Labute approximate surface area is 187 Å². The molecule has 166 valence electrons. The first-order valence-corrected chi connectivity index (χ1v) is 10.9. The first-order chi connectivity index (χ1) is 15.6. The number of halogens is 1. The third-order valence-corrected chi connectivity index (χ3v) is 5.67. The van der Waals surface area contributed by atoms with Crippen molar-refractivity contribution in [3.63, 3.8) is 0 Å². The Morgan fingerprint density at radius 1 is 1.03 bits per heavy atom. The van der Waals surface area contributed by atoms with Gasteiger partial charge in [0, 0.05) is 24.6 Å². The highest BCUT2D eigenvalue weighted by Gasteiger charge is 2.25. The van der Waals surface area contributed by atoms with Gasteiger partial charge in [0.05, 0.1) is 12.2 Å². The molecule has 0 aliphatic carbocycles. The van der Waals surface area contributed by atoms with Gasteiger partial charge in [0.1, 0.15) is 18.2 Å². The normalized spacial score (nSPS) is 14.2. The smallest absolute Gasteiger partial charge is 0.223 e. The minimum absolute atomic E-state index is 0.00271. The van der Waals surface area contributed by atoms with Crippen LogP contribution in [0.25, 0.3) is 11.3 Å². The highest BCUT2D eigenvalue weighted by atomic mass is 19.1. The molecular formula is C25H27FN4O2. The fraction of sp³-hybridized carbons (Fsp3) is 0.320. The van der Waals surface area contributed by atoms with Gasteiger partial charge in [-0.1, -0.05) is 17.7 Å². The van der Waals surface area contributed by atoms with E-state index in [1.165, 1.54) is 17.7 Å². The molecule has 3 aromatic rings. The number of rotatable bonds is 7. The number of aryl methyl sites for hydroxylation is 1. The molecule has 0 spiro atoms. The number of ether oxygens (including phenoxy) is 1. The lowest BCUT2D eigenvalue weighted by atomic mass is 9.96. The molecule has 0 bridgehead atoms. The Bertz CT molecular complexity index is 1020. The minimum atomic E-state index is -0.274. The van der Waals surface area contributed by atoms with Gasteiger partial charge in [-0.3, -0.25) is 4.79 Å². The molecule has 1 aromatic heterocycles. The van der Waals surface area contributed by atoms with Crippen molar-refractivity contribution in [3.05, 3.63) is 72.0 Å². The number of nitrogens with zero attached hydrogens (tertiary/aromatic N) is 3. The number of benzene rings is 2. The molecule has 32 heavy (non-hydrogen) atoms. The molecule has 1 amide bonds. The molecule has 4 rings (SSSR count). The second-order valence-electron chi connectivity index (χ2n) is 8.00. The van der Waals surface area contributed by atoms with Gasteiger partial charge in [-0.05, 0) is 68.3 Å². The van der Waals surface area contributed by atoms with Crippen LogP contribution in [0.4, 0.5) is 10.2 Å². The van der Waals surface area contributed by atoms with Gasteiger partial charge in [0.25, 0.3) is 0 Å². The van der Waals surface area contributed by atoms with Gasteiger partial charge in [-0.15, -0.1) is 10.2 Å². The van der Waals surface area contributed by atoms with Gasteiger partial charge in [0.2, 0.25) is 5.91 Å². The van der Waals surface area contributed by atoms with E-state index in [2.05, 4.69) is 20.4 Å². The Hall–Kier alpha value is -3.48. The van der Waals surface area contributed by atoms with E-state index >= 15 is 0 Å². The zero-order valence-electron chi connectivity index (χ0n) is 18.1. The lowest BCUT2D eigenvalue weighted by Gasteiger charge is -2.31. The lowest BCUT2D eigenvalue weighted by Crippen LogP contribution is -2.41. The number of carbonyl (C=O) groups is 1. The highest BCUT2D eigenvalue weighted by molar-refractivity contribution is 5.79. The van der Waals surface area contributed by atoms with Gasteiger partial charge in [-0.25, -0.2) is 4.39 Å². The van der Waals surface area contributed by atoms with Crippen LogP contribution >= 0.6 is 0 Å². The Balaban J connectivity index is 1.20. The highest BCUT2D eigenvalue weighted by Crippen LogP contribution is 2.23. The summed E-state index contributed by atoms with van der Waals surface area (Å²) in [6, 6.07) is 17.9. The van der Waals surface area contributed by atoms with E-state index in [4.69, 9.17) is 4.74 Å². The summed E-state index contributed by atoms with van der Waals surface area (Å²) in [5.41, 5.74) is 2.72. The summed E-state index contributed by atoms with van der Waals surface area (Å²) in [4.78, 5) is 14.6. The van der Waals surface area contributed by atoms with Crippen molar-refractivity contribution in [2.75, 3.05) is 31.1 Å². The first kappa shape index (κ1) is 21.7. The van der Waals surface area contributed by atoms with Gasteiger partial charge in [0.15, 0.2) is 5.82 Å². The maximum absolute atomic E-state index is 13.1. The second kappa shape index (κ2) is 10.2. The molecule has 1 fully saturated rings. The van der Waals surface area contributed by atoms with Gasteiger partial charge in [-0.2, -0.15) is 0 Å². The van der Waals surface area contributed by atoms with E-state index < -0.39 is 0 Å². The van der Waals surface area contributed by atoms with E-state index in [1.54, 1.807) is 12.1 Å². The molecule has 7 heteroatoms. The average Bonchev–Trinajstić information content (AvgIpc) is 2.83. The second-order valence-corrected chi connectivity index (χ2v) is 8.00. The van der Waals surface area contributed by atoms with Crippen LogP contribution in [0.2, 0.25) is 0 Å². The molecule has 2 aromatic carbocycles. The van der Waals surface area contributed by atoms with Crippen molar-refractivity contribution in [2.45, 2.75) is 19.8 Å². The molecule has 1 aliphatic rings. The number of hydrogen-bond acceptors (Lipinski definition) is 5. The SMILES string of the molecule is Cc1ccc(OCCNC(=O)C2CCN(c3ccc(-c4ccc(F)cc4)nn3)CC2)cc1. The van der Waals surface area contributed by atoms with Crippen LogP contribution in [-0.2, 0) is 4.79 Å². The van der Waals surface area contributed by atoms with Crippen LogP contribution in [0.3, 0.4) is 0 Å². The standard InChI is InChI=1S/C25H27FN4O2/c1-18-2-8-22(9-3-18)32-17-14-27-25(31)20-12-15-30(16-13-20)24-11-10-23(28-29-24)19-4-6-21(26)7-5-19/h2-11,20H,12-17H2,1H3,(H,27,31). The van der Waals surface area contributed by atoms with Crippen LogP contribution in [0.1, 0.15) is 18.4 Å². The molecule has 0 radical (unpaired) electrons. The minimum Gasteiger partial charge on any atom is -0.492 e. The largest absolute Gasteiger partial charge is 0.492 e. The molecular weight excluding hydrogens is 407 g/mol. The number of amides is 1. The number of piperidine rings is 1. The van der Waals surface area contributed by atoms with E-state index in [0.717, 1.165) is 43.1 Å². The molecule has 1 saturated heterocycles. The Morgan fingerprint density at radius 3 is 2.41 bits per heavy atom. The van der Waals surface area contributed by atoms with Crippen LogP contribution in [0, 0.1) is 18.7 Å². The summed E-state index contributed by atoms with van der Waals surface area (Å²) < 4.78 is 18.8. The van der Waals surface area contributed by atoms with Crippen LogP contribution < -0.4 is 15.0 Å². The van der Waals surface area contributed by atoms with Crippen molar-refractivity contribution in [3.8, 4) is 17.0 Å². The predicted molar refractivity (Wildman–Crippen MR) is 122 cm³/mol. The Kier molecular flexibility index (Phi) is 6.94. The lowest BCUT2D eigenvalue weighted by molar-refractivity contribution is -0.125. The zero-order chi connectivity index (χ0) is 22.3. The molecule has 0 atom stereocenters. The van der Waals surface area contributed by atoms with E-state index in [0.29, 0.717) is 18.8 Å². The fourth-order valence-corrected chi connectivity index (χ4v) is 3.76. The predicted octanol–water partition coefficient (Wildman–Crippen LogP) is 4.00. The third-order valence-electron chi connectivity index (χ3n) is 5.67. The summed E-state index contributed by atoms with van der Waals surface area (Å²) >= 11 is 0. The fourth-order valence-electron chi connectivity index (χ4n) is 3.76. The van der Waals surface area contributed by atoms with Crippen LogP contribution in [0.15, 0.2) is 60.7 Å². The first-order valence-electron chi connectivity index (χ1n) is 10.9. The van der Waals surface area contributed by atoms with E-state index in [-0.39, 0.29) is 17.6 Å². The van der Waals surface area contributed by atoms with Crippen molar-refractivity contribution in [1.29, 1.82) is 0 Å². The molecule has 1 N–H and O–H groups in total. The summed E-state index contributed by atoms with van der Waals surface area (Å²) in [6.07, 6.45) is 1.54. The zero-order valence-corrected chi connectivity index (χ0v) is 18.1. The molecule has 0 saturated carbocycles. The van der Waals surface area contributed by atoms with Gasteiger partial charge < -0.3 is 15.0 Å². The molecule has 6 nitrogen and oxygen atoms in total. The molecule has 0 unspecified atom stereocenters. The van der Waals surface area contributed by atoms with Crippen LogP contribution in [0.5, 0.6) is 5.75 Å². The number of carbonyl (C=O) groups excluding carboxylic acids is 1. The summed E-state index contributed by atoms with van der Waals surface area (Å²) in [5.74, 6) is 1.40. The van der Waals surface area contributed by atoms with Crippen LogP contribution in [-0.4, -0.2) is 42.3 Å². The molecule has 1 aliphatic heterocycles. The van der Waals surface area contributed by atoms with Crippen molar-refractivity contribution >= 4 is 11.7 Å². The topological polar surface area (TPSA) is 67.3 Å². The monoisotopic (exact) mass is 434 g/mol.